The van der Waals surface area contributed by atoms with Gasteiger partial charge in [-0.2, -0.15) is 37.9 Å². The van der Waals surface area contributed by atoms with Gasteiger partial charge in [-0.25, -0.2) is 0 Å². The van der Waals surface area contributed by atoms with Crippen molar-refractivity contribution >= 4 is 55.8 Å². The Balaban J connectivity index is -0.000000105. The summed E-state index contributed by atoms with van der Waals surface area (Å²) in [5.41, 5.74) is 0.500. The first kappa shape index (κ1) is 30.4. The molecule has 0 rings (SSSR count). The molecule has 0 unspecified atom stereocenters. The van der Waals surface area contributed by atoms with E-state index in [2.05, 4.69) is 65.6 Å². The van der Waals surface area contributed by atoms with Gasteiger partial charge in [-0.3, -0.25) is 14.4 Å². The van der Waals surface area contributed by atoms with E-state index in [1.165, 1.54) is 0 Å². The van der Waals surface area contributed by atoms with E-state index in [0.29, 0.717) is 22.7 Å². The molecule has 6 nitrogen and oxygen atoms in total. The SMILES string of the molecule is CC(C)(C)C.O=C(O)CCS.O=C(O)CCS.O=C(O)CCS. The molecule has 0 saturated carbocycles. The lowest BCUT2D eigenvalue weighted by Crippen LogP contribution is -1.93. The smallest absolute Gasteiger partial charge is 0.304 e. The highest BCUT2D eigenvalue weighted by molar-refractivity contribution is 7.80. The fourth-order valence-electron chi connectivity index (χ4n) is 0.287. The Bertz CT molecular complexity index is 259. The molecule has 9 heteroatoms. The second-order valence-corrected chi connectivity index (χ2v) is 6.94. The van der Waals surface area contributed by atoms with Crippen LogP contribution in [0.1, 0.15) is 47.0 Å². The summed E-state index contributed by atoms with van der Waals surface area (Å²) < 4.78 is 0. The summed E-state index contributed by atoms with van der Waals surface area (Å²) in [6.45, 7) is 8.75. The summed E-state index contributed by atoms with van der Waals surface area (Å²) in [5, 5.41) is 23.6. The van der Waals surface area contributed by atoms with Gasteiger partial charge in [-0.1, -0.05) is 27.7 Å². The molecule has 0 radical (unpaired) electrons. The predicted molar refractivity (Wildman–Crippen MR) is 103 cm³/mol. The number of hydrogen-bond donors (Lipinski definition) is 6. The minimum absolute atomic E-state index is 0.156. The van der Waals surface area contributed by atoms with Crippen LogP contribution in [0.3, 0.4) is 0 Å². The molecule has 0 fully saturated rings. The fourth-order valence-corrected chi connectivity index (χ4v) is 0.861. The third-order valence-electron chi connectivity index (χ3n) is 0.977. The Labute approximate surface area is 155 Å². The number of carbonyl (C=O) groups is 3. The Morgan fingerprint density at radius 2 is 0.783 bits per heavy atom. The molecule has 0 aromatic heterocycles. The van der Waals surface area contributed by atoms with E-state index in [9.17, 15) is 14.4 Å². The van der Waals surface area contributed by atoms with Crippen molar-refractivity contribution in [1.29, 1.82) is 0 Å². The van der Waals surface area contributed by atoms with E-state index in [-0.39, 0.29) is 19.3 Å². The third kappa shape index (κ3) is 114. The molecule has 0 saturated heterocycles. The van der Waals surface area contributed by atoms with Gasteiger partial charge in [0.25, 0.3) is 0 Å². The first-order chi connectivity index (χ1) is 10.3. The van der Waals surface area contributed by atoms with Crippen molar-refractivity contribution in [3.8, 4) is 0 Å². The molecule has 0 aromatic carbocycles. The molecule has 0 bridgehead atoms. The van der Waals surface area contributed by atoms with Crippen LogP contribution in [0.5, 0.6) is 0 Å². The maximum absolute atomic E-state index is 9.55. The van der Waals surface area contributed by atoms with E-state index in [1.807, 2.05) is 0 Å². The molecular weight excluding hydrogens is 360 g/mol. The molecule has 0 spiro atoms. The first-order valence-electron chi connectivity index (χ1n) is 6.79. The van der Waals surface area contributed by atoms with Gasteiger partial charge in [0.2, 0.25) is 0 Å². The zero-order chi connectivity index (χ0) is 19.5. The molecular formula is C14H30O6S3. The van der Waals surface area contributed by atoms with Crippen LogP contribution in [0, 0.1) is 5.41 Å². The van der Waals surface area contributed by atoms with Crippen LogP contribution in [0.25, 0.3) is 0 Å². The number of carboxylic acids is 3. The topological polar surface area (TPSA) is 112 Å². The summed E-state index contributed by atoms with van der Waals surface area (Å²) in [4.78, 5) is 28.7. The minimum Gasteiger partial charge on any atom is -0.481 e. The molecule has 0 aliphatic carbocycles. The molecule has 0 atom stereocenters. The fraction of sp³-hybridized carbons (Fsp3) is 0.786. The summed E-state index contributed by atoms with van der Waals surface area (Å²) in [6, 6.07) is 0. The van der Waals surface area contributed by atoms with Crippen molar-refractivity contribution in [3.05, 3.63) is 0 Å². The van der Waals surface area contributed by atoms with Gasteiger partial charge in [0.1, 0.15) is 0 Å². The summed E-state index contributed by atoms with van der Waals surface area (Å²) >= 11 is 11.0. The first-order valence-corrected chi connectivity index (χ1v) is 8.69. The van der Waals surface area contributed by atoms with Crippen LogP contribution in [-0.4, -0.2) is 50.5 Å². The normalized spacial score (nSPS) is 9.00. The third-order valence-corrected chi connectivity index (χ3v) is 1.65. The van der Waals surface area contributed by atoms with Crippen molar-refractivity contribution in [1.82, 2.24) is 0 Å². The number of rotatable bonds is 6. The molecule has 0 amide bonds. The Kier molecular flexibility index (Phi) is 28.3. The van der Waals surface area contributed by atoms with Gasteiger partial charge >= 0.3 is 17.9 Å². The predicted octanol–water partition coefficient (Wildman–Crippen LogP) is 3.23. The number of aliphatic carboxylic acids is 3. The van der Waals surface area contributed by atoms with Gasteiger partial charge in [0, 0.05) is 17.3 Å². The zero-order valence-corrected chi connectivity index (χ0v) is 16.8. The van der Waals surface area contributed by atoms with Gasteiger partial charge in [0.15, 0.2) is 0 Å². The van der Waals surface area contributed by atoms with Crippen molar-refractivity contribution in [2.24, 2.45) is 5.41 Å². The summed E-state index contributed by atoms with van der Waals surface area (Å²) in [7, 11) is 0. The van der Waals surface area contributed by atoms with Crippen LogP contribution in [0.4, 0.5) is 0 Å². The number of hydrogen-bond acceptors (Lipinski definition) is 6. The van der Waals surface area contributed by atoms with E-state index in [4.69, 9.17) is 15.3 Å². The Hall–Kier alpha value is -0.540. The average Bonchev–Trinajstić information content (AvgIpc) is 2.27. The number of thiol groups is 3. The Morgan fingerprint density at radius 3 is 0.783 bits per heavy atom. The molecule has 3 N–H and O–H groups in total. The lowest BCUT2D eigenvalue weighted by molar-refractivity contribution is -0.137. The molecule has 0 aliphatic heterocycles. The van der Waals surface area contributed by atoms with Crippen LogP contribution >= 0.6 is 37.9 Å². The molecule has 23 heavy (non-hydrogen) atoms. The van der Waals surface area contributed by atoms with Crippen molar-refractivity contribution in [3.63, 3.8) is 0 Å². The highest BCUT2D eigenvalue weighted by Gasteiger charge is 1.95. The van der Waals surface area contributed by atoms with Crippen molar-refractivity contribution in [2.45, 2.75) is 47.0 Å². The van der Waals surface area contributed by atoms with Crippen LogP contribution < -0.4 is 0 Å². The van der Waals surface area contributed by atoms with Crippen molar-refractivity contribution in [2.75, 3.05) is 17.3 Å². The Morgan fingerprint density at radius 1 is 0.652 bits per heavy atom. The van der Waals surface area contributed by atoms with Crippen LogP contribution in [0.15, 0.2) is 0 Å². The lowest BCUT2D eigenvalue weighted by atomic mass is 10.0. The number of carboxylic acid groups (broad SMARTS) is 3. The lowest BCUT2D eigenvalue weighted by Gasteiger charge is -2.05. The van der Waals surface area contributed by atoms with E-state index in [1.54, 1.807) is 0 Å². The highest BCUT2D eigenvalue weighted by Crippen LogP contribution is 2.08. The maximum atomic E-state index is 9.55. The maximum Gasteiger partial charge on any atom is 0.304 e. The van der Waals surface area contributed by atoms with Gasteiger partial charge in [-0.15, -0.1) is 0 Å². The van der Waals surface area contributed by atoms with Crippen LogP contribution in [0.2, 0.25) is 0 Å². The van der Waals surface area contributed by atoms with Gasteiger partial charge < -0.3 is 15.3 Å². The summed E-state index contributed by atoms with van der Waals surface area (Å²) in [6.07, 6.45) is 0.468. The molecule has 0 aromatic rings. The van der Waals surface area contributed by atoms with E-state index in [0.717, 1.165) is 0 Å². The quantitative estimate of drug-likeness (QED) is 0.388. The average molecular weight is 391 g/mol. The second-order valence-electron chi connectivity index (χ2n) is 5.60. The van der Waals surface area contributed by atoms with Crippen LogP contribution in [-0.2, 0) is 14.4 Å². The molecule has 140 valence electrons. The van der Waals surface area contributed by atoms with E-state index >= 15 is 0 Å². The second kappa shape index (κ2) is 21.5. The van der Waals surface area contributed by atoms with E-state index < -0.39 is 17.9 Å². The molecule has 0 heterocycles. The zero-order valence-electron chi connectivity index (χ0n) is 14.2. The molecule has 0 aliphatic rings. The highest BCUT2D eigenvalue weighted by atomic mass is 32.1. The van der Waals surface area contributed by atoms with Crippen molar-refractivity contribution < 1.29 is 29.7 Å². The van der Waals surface area contributed by atoms with Gasteiger partial charge in [0.05, 0.1) is 19.3 Å². The van der Waals surface area contributed by atoms with Gasteiger partial charge in [-0.05, 0) is 5.41 Å². The largest absolute Gasteiger partial charge is 0.481 e. The summed E-state index contributed by atoms with van der Waals surface area (Å²) in [5.74, 6) is -1.08. The standard InChI is InChI=1S/C5H12.3C3H6O2S/c1-5(2,3)4;3*4-3(5)1-2-6/h1-4H3;3*6H,1-2H2,(H,4,5). The monoisotopic (exact) mass is 390 g/mol. The minimum atomic E-state index is -0.787.